The number of aromatic nitrogens is 2. The van der Waals surface area contributed by atoms with E-state index >= 15 is 0 Å². The van der Waals surface area contributed by atoms with Crippen LogP contribution in [0.2, 0.25) is 0 Å². The summed E-state index contributed by atoms with van der Waals surface area (Å²) in [5, 5.41) is 4.02. The molecule has 2 aliphatic heterocycles. The first-order valence-electron chi connectivity index (χ1n) is 10.8. The van der Waals surface area contributed by atoms with Crippen LogP contribution in [0.3, 0.4) is 0 Å². The number of carbonyl (C=O) groups excluding carboxylic acids is 3. The minimum atomic E-state index is -0.556. The van der Waals surface area contributed by atoms with Crippen LogP contribution in [0.1, 0.15) is 46.9 Å². The number of benzene rings is 1. The molecular weight excluding hydrogens is 416 g/mol. The SMILES string of the molecule is O=C1CCC(N2Cc3c(OCc4nc(CN5CCOCC5)no4)cccc3C2=O)C(=O)C1. The molecule has 3 aliphatic rings. The minimum Gasteiger partial charge on any atom is -0.483 e. The van der Waals surface area contributed by atoms with Gasteiger partial charge in [0.1, 0.15) is 11.5 Å². The van der Waals surface area contributed by atoms with E-state index in [2.05, 4.69) is 15.0 Å². The van der Waals surface area contributed by atoms with Crippen LogP contribution in [0.4, 0.5) is 0 Å². The lowest BCUT2D eigenvalue weighted by Gasteiger charge is -2.29. The highest BCUT2D eigenvalue weighted by Gasteiger charge is 2.40. The second kappa shape index (κ2) is 8.79. The fourth-order valence-electron chi connectivity index (χ4n) is 4.41. The number of ketones is 2. The number of hydrogen-bond donors (Lipinski definition) is 0. The molecular formula is C22H24N4O6. The van der Waals surface area contributed by atoms with Crippen LogP contribution in [0.5, 0.6) is 5.75 Å². The van der Waals surface area contributed by atoms with Crippen molar-refractivity contribution in [1.82, 2.24) is 19.9 Å². The van der Waals surface area contributed by atoms with Crippen LogP contribution in [-0.4, -0.2) is 69.8 Å². The lowest BCUT2D eigenvalue weighted by atomic mass is 9.92. The summed E-state index contributed by atoms with van der Waals surface area (Å²) < 4.78 is 16.6. The molecule has 10 nitrogen and oxygen atoms in total. The summed E-state index contributed by atoms with van der Waals surface area (Å²) >= 11 is 0. The molecule has 1 aromatic heterocycles. The highest BCUT2D eigenvalue weighted by Crippen LogP contribution is 2.34. The number of hydrogen-bond acceptors (Lipinski definition) is 9. The van der Waals surface area contributed by atoms with Crippen molar-refractivity contribution in [2.45, 2.75) is 45.0 Å². The third-order valence-electron chi connectivity index (χ3n) is 6.10. The molecule has 0 bridgehead atoms. The summed E-state index contributed by atoms with van der Waals surface area (Å²) in [7, 11) is 0. The number of morpholine rings is 1. The Kier molecular flexibility index (Phi) is 5.71. The van der Waals surface area contributed by atoms with Gasteiger partial charge in [0, 0.05) is 30.6 Å². The Hall–Kier alpha value is -3.11. The number of carbonyl (C=O) groups is 3. The molecule has 10 heteroatoms. The molecule has 1 saturated heterocycles. The average molecular weight is 440 g/mol. The number of rotatable bonds is 6. The summed E-state index contributed by atoms with van der Waals surface area (Å²) in [6.45, 7) is 4.02. The van der Waals surface area contributed by atoms with Gasteiger partial charge in [0.15, 0.2) is 18.2 Å². The summed E-state index contributed by atoms with van der Waals surface area (Å²) in [5.74, 6) is 1.04. The van der Waals surface area contributed by atoms with E-state index in [-0.39, 0.29) is 37.0 Å². The highest BCUT2D eigenvalue weighted by atomic mass is 16.5. The van der Waals surface area contributed by atoms with Crippen LogP contribution in [0.25, 0.3) is 0 Å². The van der Waals surface area contributed by atoms with Crippen molar-refractivity contribution in [2.75, 3.05) is 26.3 Å². The largest absolute Gasteiger partial charge is 0.483 e. The number of nitrogens with zero attached hydrogens (tertiary/aromatic N) is 4. The van der Waals surface area contributed by atoms with Crippen LogP contribution in [-0.2, 0) is 34.0 Å². The third-order valence-corrected chi connectivity index (χ3v) is 6.10. The second-order valence-corrected chi connectivity index (χ2v) is 8.23. The van der Waals surface area contributed by atoms with Gasteiger partial charge in [-0.2, -0.15) is 4.98 Å². The molecule has 0 radical (unpaired) electrons. The minimum absolute atomic E-state index is 0.0630. The molecule has 1 aliphatic carbocycles. The Morgan fingerprint density at radius 3 is 2.81 bits per heavy atom. The zero-order valence-electron chi connectivity index (χ0n) is 17.6. The van der Waals surface area contributed by atoms with Crippen molar-refractivity contribution in [3.05, 3.63) is 41.0 Å². The first kappa shape index (κ1) is 20.8. The van der Waals surface area contributed by atoms with Gasteiger partial charge in [0.05, 0.1) is 38.8 Å². The molecule has 0 spiro atoms. The second-order valence-electron chi connectivity index (χ2n) is 8.23. The molecule has 1 saturated carbocycles. The highest BCUT2D eigenvalue weighted by molar-refractivity contribution is 6.07. The van der Waals surface area contributed by atoms with Gasteiger partial charge in [0.25, 0.3) is 11.8 Å². The molecule has 2 aromatic rings. The number of amides is 1. The van der Waals surface area contributed by atoms with E-state index in [9.17, 15) is 14.4 Å². The van der Waals surface area contributed by atoms with Gasteiger partial charge < -0.3 is 18.9 Å². The van der Waals surface area contributed by atoms with E-state index in [0.717, 1.165) is 18.7 Å². The summed E-state index contributed by atoms with van der Waals surface area (Å²) in [5.41, 5.74) is 1.25. The van der Waals surface area contributed by atoms with Gasteiger partial charge in [-0.25, -0.2) is 0 Å². The number of Topliss-reactive ketones (excluding diaryl/α,β-unsaturated/α-hetero) is 2. The van der Waals surface area contributed by atoms with Crippen molar-refractivity contribution in [3.8, 4) is 5.75 Å². The Balaban J connectivity index is 1.24. The number of fused-ring (bicyclic) bond motifs is 1. The molecule has 5 rings (SSSR count). The number of ether oxygens (including phenoxy) is 2. The van der Waals surface area contributed by atoms with Gasteiger partial charge in [0.2, 0.25) is 0 Å². The lowest BCUT2D eigenvalue weighted by Crippen LogP contribution is -2.44. The first-order valence-corrected chi connectivity index (χ1v) is 10.8. The standard InChI is InChI=1S/C22H24N4O6/c27-14-4-5-17(18(28)10-14)26-11-16-15(22(26)29)2-1-3-19(16)31-13-21-23-20(24-32-21)12-25-6-8-30-9-7-25/h1-3,17H,4-13H2. The summed E-state index contributed by atoms with van der Waals surface area (Å²) in [4.78, 5) is 45.0. The zero-order valence-corrected chi connectivity index (χ0v) is 17.6. The lowest BCUT2D eigenvalue weighted by molar-refractivity contribution is -0.133. The van der Waals surface area contributed by atoms with Gasteiger partial charge in [-0.3, -0.25) is 19.3 Å². The quantitative estimate of drug-likeness (QED) is 0.610. The molecule has 1 atom stereocenters. The maximum absolute atomic E-state index is 12.9. The molecule has 1 unspecified atom stereocenters. The predicted molar refractivity (Wildman–Crippen MR) is 109 cm³/mol. The maximum atomic E-state index is 12.9. The van der Waals surface area contributed by atoms with E-state index in [1.807, 2.05) is 0 Å². The van der Waals surface area contributed by atoms with Crippen molar-refractivity contribution in [3.63, 3.8) is 0 Å². The Labute approximate surface area is 184 Å². The fourth-order valence-corrected chi connectivity index (χ4v) is 4.41. The van der Waals surface area contributed by atoms with Crippen molar-refractivity contribution in [1.29, 1.82) is 0 Å². The van der Waals surface area contributed by atoms with E-state index in [0.29, 0.717) is 55.6 Å². The van der Waals surface area contributed by atoms with Crippen molar-refractivity contribution >= 4 is 17.5 Å². The Morgan fingerprint density at radius 2 is 2.00 bits per heavy atom. The topological polar surface area (TPSA) is 115 Å². The predicted octanol–water partition coefficient (Wildman–Crippen LogP) is 1.13. The van der Waals surface area contributed by atoms with E-state index in [1.165, 1.54) is 0 Å². The molecule has 0 N–H and O–H groups in total. The first-order chi connectivity index (χ1) is 15.6. The molecule has 168 valence electrons. The van der Waals surface area contributed by atoms with Crippen LogP contribution in [0, 0.1) is 0 Å². The normalized spacial score (nSPS) is 21.8. The molecule has 1 amide bonds. The monoisotopic (exact) mass is 440 g/mol. The van der Waals surface area contributed by atoms with Gasteiger partial charge >= 0.3 is 0 Å². The third kappa shape index (κ3) is 4.15. The van der Waals surface area contributed by atoms with Gasteiger partial charge in [-0.15, -0.1) is 0 Å². The molecule has 1 aromatic carbocycles. The Morgan fingerprint density at radius 1 is 1.16 bits per heavy atom. The van der Waals surface area contributed by atoms with Crippen LogP contribution >= 0.6 is 0 Å². The fraction of sp³-hybridized carbons (Fsp3) is 0.500. The molecule has 32 heavy (non-hydrogen) atoms. The van der Waals surface area contributed by atoms with Crippen molar-refractivity contribution in [2.24, 2.45) is 0 Å². The summed E-state index contributed by atoms with van der Waals surface area (Å²) in [6, 6.07) is 4.71. The van der Waals surface area contributed by atoms with Crippen molar-refractivity contribution < 1.29 is 28.4 Å². The smallest absolute Gasteiger partial charge is 0.264 e. The Bertz CT molecular complexity index is 1040. The van der Waals surface area contributed by atoms with Crippen LogP contribution < -0.4 is 4.74 Å². The molecule has 2 fully saturated rings. The zero-order chi connectivity index (χ0) is 22.1. The summed E-state index contributed by atoms with van der Waals surface area (Å²) in [6.07, 6.45) is 0.601. The van der Waals surface area contributed by atoms with E-state index in [4.69, 9.17) is 14.0 Å². The van der Waals surface area contributed by atoms with E-state index < -0.39 is 6.04 Å². The van der Waals surface area contributed by atoms with Crippen LogP contribution in [0.15, 0.2) is 22.7 Å². The van der Waals surface area contributed by atoms with Gasteiger partial charge in [-0.1, -0.05) is 11.2 Å². The van der Waals surface area contributed by atoms with Gasteiger partial charge in [-0.05, 0) is 18.6 Å². The molecule has 3 heterocycles. The van der Waals surface area contributed by atoms with E-state index in [1.54, 1.807) is 23.1 Å². The average Bonchev–Trinajstić information content (AvgIpc) is 3.38. The maximum Gasteiger partial charge on any atom is 0.264 e.